The van der Waals surface area contributed by atoms with Gasteiger partial charge < -0.3 is 4.74 Å². The number of ether oxygens (including phenoxy) is 1. The van der Waals surface area contributed by atoms with E-state index in [9.17, 15) is 0 Å². The molecule has 2 aromatic rings. The smallest absolute Gasteiger partial charge is 0.0806 e. The molecule has 1 aromatic heterocycles. The maximum Gasteiger partial charge on any atom is 0.0806 e. The minimum Gasteiger partial charge on any atom is -0.379 e. The van der Waals surface area contributed by atoms with Gasteiger partial charge in [-0.1, -0.05) is 17.7 Å². The van der Waals surface area contributed by atoms with Crippen molar-refractivity contribution in [3.05, 3.63) is 34.7 Å². The van der Waals surface area contributed by atoms with Gasteiger partial charge in [0.05, 0.1) is 6.61 Å². The molecule has 1 aromatic carbocycles. The number of rotatable bonds is 2. The molecule has 0 aliphatic rings. The lowest BCUT2D eigenvalue weighted by Crippen LogP contribution is -1.79. The molecule has 13 heavy (non-hydrogen) atoms. The third-order valence-electron chi connectivity index (χ3n) is 2.01. The molecular weight excluding hydrogens is 180 g/mol. The van der Waals surface area contributed by atoms with Crippen molar-refractivity contribution < 1.29 is 4.74 Å². The monoisotopic (exact) mass is 192 g/mol. The van der Waals surface area contributed by atoms with Gasteiger partial charge in [-0.15, -0.1) is 11.3 Å². The fourth-order valence-corrected chi connectivity index (χ4v) is 2.45. The van der Waals surface area contributed by atoms with Crippen LogP contribution in [0, 0.1) is 6.92 Å². The lowest BCUT2D eigenvalue weighted by atomic mass is 10.2. The fourth-order valence-electron chi connectivity index (χ4n) is 1.43. The number of benzene rings is 1. The molecule has 0 saturated heterocycles. The number of methoxy groups -OCH3 is 1. The third-order valence-corrected chi connectivity index (χ3v) is 3.10. The first-order valence-corrected chi connectivity index (χ1v) is 5.09. The minimum absolute atomic E-state index is 0.721. The lowest BCUT2D eigenvalue weighted by Gasteiger charge is -1.89. The zero-order chi connectivity index (χ0) is 9.26. The number of thiophene rings is 1. The maximum atomic E-state index is 5.10. The Morgan fingerprint density at radius 2 is 2.15 bits per heavy atom. The topological polar surface area (TPSA) is 9.23 Å². The average Bonchev–Trinajstić information content (AvgIpc) is 2.46. The summed E-state index contributed by atoms with van der Waals surface area (Å²) in [5.74, 6) is 0. The predicted octanol–water partition coefficient (Wildman–Crippen LogP) is 3.36. The van der Waals surface area contributed by atoms with Crippen LogP contribution in [0.3, 0.4) is 0 Å². The summed E-state index contributed by atoms with van der Waals surface area (Å²) in [6.45, 7) is 2.84. The molecule has 0 bridgehead atoms. The first kappa shape index (κ1) is 8.73. The van der Waals surface area contributed by atoms with E-state index in [-0.39, 0.29) is 0 Å². The van der Waals surface area contributed by atoms with E-state index in [1.807, 2.05) is 0 Å². The summed E-state index contributed by atoms with van der Waals surface area (Å²) in [7, 11) is 1.73. The molecule has 0 fully saturated rings. The summed E-state index contributed by atoms with van der Waals surface area (Å²) in [5, 5.41) is 1.33. The van der Waals surface area contributed by atoms with Crippen molar-refractivity contribution in [1.29, 1.82) is 0 Å². The van der Waals surface area contributed by atoms with E-state index >= 15 is 0 Å². The van der Waals surface area contributed by atoms with Crippen LogP contribution in [0.5, 0.6) is 0 Å². The number of hydrogen-bond donors (Lipinski definition) is 0. The van der Waals surface area contributed by atoms with E-state index in [1.165, 1.54) is 20.5 Å². The molecular formula is C11H12OS. The van der Waals surface area contributed by atoms with Crippen LogP contribution in [0.2, 0.25) is 0 Å². The van der Waals surface area contributed by atoms with Crippen molar-refractivity contribution in [1.82, 2.24) is 0 Å². The van der Waals surface area contributed by atoms with Gasteiger partial charge in [0.1, 0.15) is 0 Å². The van der Waals surface area contributed by atoms with Crippen molar-refractivity contribution in [2.24, 2.45) is 0 Å². The molecule has 2 rings (SSSR count). The Hall–Kier alpha value is -0.860. The summed E-state index contributed by atoms with van der Waals surface area (Å²) in [4.78, 5) is 1.29. The summed E-state index contributed by atoms with van der Waals surface area (Å²) in [6.07, 6.45) is 0. The van der Waals surface area contributed by atoms with E-state index in [4.69, 9.17) is 4.74 Å². The van der Waals surface area contributed by atoms with Crippen LogP contribution in [0.4, 0.5) is 0 Å². The molecule has 0 saturated carbocycles. The van der Waals surface area contributed by atoms with Gasteiger partial charge in [0.2, 0.25) is 0 Å². The Bertz CT molecular complexity index is 417. The van der Waals surface area contributed by atoms with Crippen molar-refractivity contribution in [3.8, 4) is 0 Å². The second kappa shape index (κ2) is 3.48. The van der Waals surface area contributed by atoms with Gasteiger partial charge >= 0.3 is 0 Å². The van der Waals surface area contributed by atoms with Crippen LogP contribution in [0.1, 0.15) is 10.4 Å². The second-order valence-electron chi connectivity index (χ2n) is 3.19. The first-order chi connectivity index (χ1) is 6.29. The molecule has 1 heterocycles. The Labute approximate surface area is 82.0 Å². The highest BCUT2D eigenvalue weighted by Crippen LogP contribution is 2.26. The van der Waals surface area contributed by atoms with Gasteiger partial charge in [0.15, 0.2) is 0 Å². The van der Waals surface area contributed by atoms with Crippen molar-refractivity contribution >= 4 is 21.4 Å². The molecule has 0 radical (unpaired) electrons. The van der Waals surface area contributed by atoms with Crippen LogP contribution in [-0.2, 0) is 11.3 Å². The van der Waals surface area contributed by atoms with Crippen molar-refractivity contribution in [2.75, 3.05) is 7.11 Å². The molecule has 68 valence electrons. The van der Waals surface area contributed by atoms with E-state index in [0.29, 0.717) is 0 Å². The average molecular weight is 192 g/mol. The molecule has 0 aliphatic heterocycles. The van der Waals surface area contributed by atoms with Gasteiger partial charge in [0, 0.05) is 16.7 Å². The first-order valence-electron chi connectivity index (χ1n) is 4.27. The summed E-state index contributed by atoms with van der Waals surface area (Å²) < 4.78 is 6.44. The van der Waals surface area contributed by atoms with Crippen LogP contribution in [0.25, 0.3) is 10.1 Å². The Morgan fingerprint density at radius 1 is 1.31 bits per heavy atom. The number of hydrogen-bond acceptors (Lipinski definition) is 2. The van der Waals surface area contributed by atoms with Crippen LogP contribution in [-0.4, -0.2) is 7.11 Å². The molecule has 1 nitrogen and oxygen atoms in total. The second-order valence-corrected chi connectivity index (χ2v) is 4.36. The van der Waals surface area contributed by atoms with Crippen LogP contribution in [0.15, 0.2) is 24.3 Å². The van der Waals surface area contributed by atoms with Gasteiger partial charge in [-0.3, -0.25) is 0 Å². The van der Waals surface area contributed by atoms with Gasteiger partial charge in [-0.05, 0) is 24.4 Å². The van der Waals surface area contributed by atoms with Gasteiger partial charge in [0.25, 0.3) is 0 Å². The molecule has 0 N–H and O–H groups in total. The Kier molecular flexibility index (Phi) is 2.34. The Balaban J connectivity index is 2.49. The minimum atomic E-state index is 0.721. The largest absolute Gasteiger partial charge is 0.379 e. The number of aryl methyl sites for hydroxylation is 1. The molecule has 0 spiro atoms. The van der Waals surface area contributed by atoms with E-state index < -0.39 is 0 Å². The Morgan fingerprint density at radius 3 is 2.92 bits per heavy atom. The third kappa shape index (κ3) is 1.74. The highest BCUT2D eigenvalue weighted by molar-refractivity contribution is 7.19. The van der Waals surface area contributed by atoms with Crippen molar-refractivity contribution in [3.63, 3.8) is 0 Å². The molecule has 2 heteroatoms. The summed E-state index contributed by atoms with van der Waals surface area (Å²) in [6, 6.07) is 8.74. The predicted molar refractivity (Wildman–Crippen MR) is 57.3 cm³/mol. The zero-order valence-electron chi connectivity index (χ0n) is 7.83. The maximum absolute atomic E-state index is 5.10. The molecule has 0 amide bonds. The summed E-state index contributed by atoms with van der Waals surface area (Å²) >= 11 is 1.81. The van der Waals surface area contributed by atoms with E-state index in [2.05, 4.69) is 31.2 Å². The van der Waals surface area contributed by atoms with Gasteiger partial charge in [-0.2, -0.15) is 0 Å². The lowest BCUT2D eigenvalue weighted by molar-refractivity contribution is 0.187. The van der Waals surface area contributed by atoms with Crippen LogP contribution < -0.4 is 0 Å². The highest BCUT2D eigenvalue weighted by Gasteiger charge is 2.00. The number of fused-ring (bicyclic) bond motifs is 1. The van der Waals surface area contributed by atoms with E-state index in [1.54, 1.807) is 18.4 Å². The normalized spacial score (nSPS) is 10.9. The standard InChI is InChI=1S/C11H12OS/c1-8-3-4-11-9(5-8)6-10(13-11)7-12-2/h3-6H,7H2,1-2H3. The molecule has 0 unspecified atom stereocenters. The van der Waals surface area contributed by atoms with Crippen molar-refractivity contribution in [2.45, 2.75) is 13.5 Å². The molecule has 0 aliphatic carbocycles. The fraction of sp³-hybridized carbons (Fsp3) is 0.273. The summed E-state index contributed by atoms with van der Waals surface area (Å²) in [5.41, 5.74) is 1.31. The van der Waals surface area contributed by atoms with Gasteiger partial charge in [-0.25, -0.2) is 0 Å². The highest BCUT2D eigenvalue weighted by atomic mass is 32.1. The SMILES string of the molecule is COCc1cc2cc(C)ccc2s1. The zero-order valence-corrected chi connectivity index (χ0v) is 8.65. The van der Waals surface area contributed by atoms with E-state index in [0.717, 1.165) is 6.61 Å². The molecule has 0 atom stereocenters. The quantitative estimate of drug-likeness (QED) is 0.709. The van der Waals surface area contributed by atoms with Crippen LogP contribution >= 0.6 is 11.3 Å².